The van der Waals surface area contributed by atoms with Gasteiger partial charge in [0.15, 0.2) is 0 Å². The van der Waals surface area contributed by atoms with Crippen LogP contribution in [-0.2, 0) is 23.9 Å². The van der Waals surface area contributed by atoms with E-state index in [2.05, 4.69) is 10.6 Å². The molecule has 1 aliphatic heterocycles. The lowest BCUT2D eigenvalue weighted by Gasteiger charge is -2.19. The van der Waals surface area contributed by atoms with Crippen molar-refractivity contribution >= 4 is 29.7 Å². The van der Waals surface area contributed by atoms with Crippen molar-refractivity contribution in [2.75, 3.05) is 13.6 Å². The lowest BCUT2D eigenvalue weighted by molar-refractivity contribution is -0.157. The average Bonchev–Trinajstić information content (AvgIpc) is 3.01. The minimum absolute atomic E-state index is 0.109. The zero-order valence-corrected chi connectivity index (χ0v) is 16.5. The Bertz CT molecular complexity index is 856. The fourth-order valence-electron chi connectivity index (χ4n) is 3.62. The van der Waals surface area contributed by atoms with E-state index in [9.17, 15) is 24.0 Å². The van der Waals surface area contributed by atoms with Crippen LogP contribution >= 0.6 is 0 Å². The van der Waals surface area contributed by atoms with Gasteiger partial charge in [0.25, 0.3) is 5.91 Å². The topological polar surface area (TPSA) is 122 Å². The maximum atomic E-state index is 12.5. The van der Waals surface area contributed by atoms with Gasteiger partial charge in [0.05, 0.1) is 18.3 Å². The van der Waals surface area contributed by atoms with E-state index in [1.54, 1.807) is 30.3 Å². The predicted molar refractivity (Wildman–Crippen MR) is 105 cm³/mol. The number of nitrogens with one attached hydrogen (secondary N) is 2. The summed E-state index contributed by atoms with van der Waals surface area (Å²) >= 11 is 0. The Kier molecular flexibility index (Phi) is 6.61. The molecule has 1 heterocycles. The third kappa shape index (κ3) is 4.56. The van der Waals surface area contributed by atoms with Gasteiger partial charge in [-0.2, -0.15) is 0 Å². The van der Waals surface area contributed by atoms with Crippen molar-refractivity contribution in [2.24, 2.45) is 11.8 Å². The molecule has 1 aliphatic carbocycles. The van der Waals surface area contributed by atoms with E-state index in [-0.39, 0.29) is 36.6 Å². The summed E-state index contributed by atoms with van der Waals surface area (Å²) in [5, 5.41) is 4.34. The van der Waals surface area contributed by atoms with E-state index in [0.717, 1.165) is 4.90 Å². The van der Waals surface area contributed by atoms with Crippen molar-refractivity contribution in [3.8, 4) is 0 Å². The molecule has 0 spiro atoms. The maximum absolute atomic E-state index is 12.5. The first-order chi connectivity index (χ1) is 14.4. The molecule has 3 rings (SSSR count). The van der Waals surface area contributed by atoms with Crippen molar-refractivity contribution in [2.45, 2.75) is 25.4 Å². The van der Waals surface area contributed by atoms with Crippen molar-refractivity contribution in [3.05, 3.63) is 48.0 Å². The number of nitrogens with zero attached hydrogens (tertiary/aromatic N) is 1. The third-order valence-corrected chi connectivity index (χ3v) is 5.19. The van der Waals surface area contributed by atoms with E-state index in [4.69, 9.17) is 4.74 Å². The van der Waals surface area contributed by atoms with Crippen LogP contribution in [0.25, 0.3) is 0 Å². The van der Waals surface area contributed by atoms with Gasteiger partial charge in [-0.3, -0.25) is 29.4 Å². The summed E-state index contributed by atoms with van der Waals surface area (Å²) in [5.41, 5.74) is 0.387. The first kappa shape index (κ1) is 21.2. The number of likely N-dealkylation sites (tertiary alicyclic amines) is 1. The number of carbonyl (C=O) groups excluding carboxylic acids is 5. The largest absolute Gasteiger partial charge is 0.447 e. The molecule has 1 fully saturated rings. The molecule has 3 atom stereocenters. The summed E-state index contributed by atoms with van der Waals surface area (Å²) < 4.78 is 5.30. The molecule has 5 amide bonds. The molecule has 1 aromatic carbocycles. The molecule has 9 nitrogen and oxygen atoms in total. The Morgan fingerprint density at radius 1 is 1.07 bits per heavy atom. The number of allylic oxidation sites excluding steroid dienone is 2. The monoisotopic (exact) mass is 413 g/mol. The molecule has 2 aliphatic rings. The van der Waals surface area contributed by atoms with Gasteiger partial charge in [0, 0.05) is 19.2 Å². The number of esters is 1. The number of hydrogen-bond donors (Lipinski definition) is 2. The van der Waals surface area contributed by atoms with Gasteiger partial charge < -0.3 is 10.1 Å². The number of carbonyl (C=O) groups is 5. The molecule has 1 aromatic rings. The Morgan fingerprint density at radius 3 is 2.23 bits per heavy atom. The molecular formula is C21H23N3O6. The van der Waals surface area contributed by atoms with Gasteiger partial charge in [0.1, 0.15) is 0 Å². The number of amides is 5. The van der Waals surface area contributed by atoms with Gasteiger partial charge in [-0.15, -0.1) is 0 Å². The second-order valence-electron chi connectivity index (χ2n) is 7.08. The Hall–Kier alpha value is -3.49. The Morgan fingerprint density at radius 2 is 1.67 bits per heavy atom. The normalized spacial score (nSPS) is 21.0. The number of ether oxygens (including phenoxy) is 1. The fourth-order valence-corrected chi connectivity index (χ4v) is 3.62. The van der Waals surface area contributed by atoms with Gasteiger partial charge in [-0.05, 0) is 12.8 Å². The van der Waals surface area contributed by atoms with E-state index in [0.29, 0.717) is 18.4 Å². The summed E-state index contributed by atoms with van der Waals surface area (Å²) in [5.74, 6) is -2.86. The van der Waals surface area contributed by atoms with Gasteiger partial charge >= 0.3 is 12.0 Å². The van der Waals surface area contributed by atoms with Crippen molar-refractivity contribution < 1.29 is 28.7 Å². The molecule has 158 valence electrons. The molecule has 2 N–H and O–H groups in total. The highest BCUT2D eigenvalue weighted by atomic mass is 16.5. The Labute approximate surface area is 173 Å². The zero-order valence-electron chi connectivity index (χ0n) is 16.5. The lowest BCUT2D eigenvalue weighted by Crippen LogP contribution is -2.41. The van der Waals surface area contributed by atoms with Crippen LogP contribution in [0.4, 0.5) is 4.79 Å². The van der Waals surface area contributed by atoms with Gasteiger partial charge in [0.2, 0.25) is 17.9 Å². The average molecular weight is 413 g/mol. The van der Waals surface area contributed by atoms with Crippen LogP contribution < -0.4 is 10.6 Å². The predicted octanol–water partition coefficient (Wildman–Crippen LogP) is 1.07. The van der Waals surface area contributed by atoms with E-state index < -0.39 is 24.0 Å². The van der Waals surface area contributed by atoms with Crippen LogP contribution in [0.3, 0.4) is 0 Å². The van der Waals surface area contributed by atoms with Crippen LogP contribution in [0.5, 0.6) is 0 Å². The zero-order chi connectivity index (χ0) is 21.7. The van der Waals surface area contributed by atoms with Crippen LogP contribution in [0.15, 0.2) is 42.5 Å². The smallest absolute Gasteiger partial charge is 0.321 e. The second kappa shape index (κ2) is 9.34. The molecule has 9 heteroatoms. The van der Waals surface area contributed by atoms with Crippen LogP contribution in [0.1, 0.15) is 30.9 Å². The number of rotatable bonds is 6. The Balaban J connectivity index is 1.63. The fraction of sp³-hybridized carbons (Fsp3) is 0.381. The molecule has 0 bridgehead atoms. The molecule has 1 saturated heterocycles. The highest BCUT2D eigenvalue weighted by Crippen LogP contribution is 2.35. The number of urea groups is 1. The van der Waals surface area contributed by atoms with E-state index >= 15 is 0 Å². The van der Waals surface area contributed by atoms with Crippen molar-refractivity contribution in [1.29, 1.82) is 0 Å². The van der Waals surface area contributed by atoms with Crippen LogP contribution in [0.2, 0.25) is 0 Å². The first-order valence-electron chi connectivity index (χ1n) is 9.69. The highest BCUT2D eigenvalue weighted by molar-refractivity contribution is 6.05. The number of fused-ring (bicyclic) bond motifs is 1. The quantitative estimate of drug-likeness (QED) is 0.409. The summed E-state index contributed by atoms with van der Waals surface area (Å²) in [6, 6.07) is 7.51. The van der Waals surface area contributed by atoms with Crippen molar-refractivity contribution in [3.63, 3.8) is 0 Å². The van der Waals surface area contributed by atoms with Crippen LogP contribution in [-0.4, -0.2) is 48.2 Å². The highest BCUT2D eigenvalue weighted by Gasteiger charge is 2.47. The van der Waals surface area contributed by atoms with E-state index in [1.807, 2.05) is 12.2 Å². The summed E-state index contributed by atoms with van der Waals surface area (Å²) in [4.78, 5) is 62.3. The summed E-state index contributed by atoms with van der Waals surface area (Å²) in [6.45, 7) is -0.109. The third-order valence-electron chi connectivity index (χ3n) is 5.19. The molecular weight excluding hydrogens is 390 g/mol. The van der Waals surface area contributed by atoms with E-state index in [1.165, 1.54) is 7.05 Å². The minimum atomic E-state index is -1.34. The maximum Gasteiger partial charge on any atom is 0.321 e. The number of hydrogen-bond acceptors (Lipinski definition) is 6. The number of imide groups is 2. The molecule has 0 radical (unpaired) electrons. The minimum Gasteiger partial charge on any atom is -0.447 e. The lowest BCUT2D eigenvalue weighted by atomic mass is 9.85. The standard InChI is InChI=1S/C21H23N3O6/c1-22-21(29)23-18(26)17(13-7-3-2-4-8-13)30-16(25)11-12-24-19(27)14-9-5-6-10-15(14)20(24)28/h2-8,14-15,17H,9-12H2,1H3,(H2,22,23,26,29). The molecule has 3 unspecified atom stereocenters. The van der Waals surface area contributed by atoms with Crippen molar-refractivity contribution in [1.82, 2.24) is 15.5 Å². The molecule has 30 heavy (non-hydrogen) atoms. The summed E-state index contributed by atoms with van der Waals surface area (Å²) in [7, 11) is 1.35. The second-order valence-corrected chi connectivity index (χ2v) is 7.08. The van der Waals surface area contributed by atoms with Gasteiger partial charge in [-0.25, -0.2) is 4.79 Å². The first-order valence-corrected chi connectivity index (χ1v) is 9.69. The molecule has 0 saturated carbocycles. The SMILES string of the molecule is CNC(=O)NC(=O)C(OC(=O)CCN1C(=O)C2CC=CCC2C1=O)c1ccccc1. The number of benzene rings is 1. The van der Waals surface area contributed by atoms with Crippen LogP contribution in [0, 0.1) is 11.8 Å². The summed E-state index contributed by atoms with van der Waals surface area (Å²) in [6.07, 6.45) is 3.23. The molecule has 0 aromatic heterocycles. The van der Waals surface area contributed by atoms with Gasteiger partial charge in [-0.1, -0.05) is 42.5 Å².